The monoisotopic (exact) mass is 590 g/mol. The molecule has 0 saturated heterocycles. The van der Waals surface area contributed by atoms with Crippen LogP contribution in [0.15, 0.2) is 110 Å². The number of nitrogens with one attached hydrogen (secondary N) is 3. The van der Waals surface area contributed by atoms with Crippen LogP contribution in [0.25, 0.3) is 22.2 Å². The van der Waals surface area contributed by atoms with E-state index in [1.54, 1.807) is 42.1 Å². The van der Waals surface area contributed by atoms with Crippen molar-refractivity contribution in [1.29, 1.82) is 0 Å². The van der Waals surface area contributed by atoms with Crippen LogP contribution in [0, 0.1) is 10.1 Å². The molecular weight excluding hydrogens is 568 g/mol. The molecule has 4 aromatic carbocycles. The molecule has 0 atom stereocenters. The molecule has 5 rings (SSSR count). The SMILES string of the molecule is O=C(NS(=O)(=O)c1ccc(NCCSc2ccccc2)c([N+](=O)[O-])c1)c1ccc(-c2ccc3[nH]c(=O)oc3c2)cc1. The molecule has 0 radical (unpaired) electrons. The topological polar surface area (TPSA) is 164 Å². The van der Waals surface area contributed by atoms with E-state index < -0.39 is 37.2 Å². The van der Waals surface area contributed by atoms with Gasteiger partial charge in [0.25, 0.3) is 21.6 Å². The van der Waals surface area contributed by atoms with Crippen LogP contribution in [0.3, 0.4) is 0 Å². The average molecular weight is 591 g/mol. The highest BCUT2D eigenvalue weighted by molar-refractivity contribution is 7.99. The molecule has 0 fully saturated rings. The molecule has 0 spiro atoms. The summed E-state index contributed by atoms with van der Waals surface area (Å²) in [7, 11) is -4.41. The largest absolute Gasteiger partial charge is 0.417 e. The number of sulfonamides is 1. The molecule has 0 unspecified atom stereocenters. The number of amides is 1. The highest BCUT2D eigenvalue weighted by atomic mass is 32.2. The van der Waals surface area contributed by atoms with Crippen molar-refractivity contribution in [2.75, 3.05) is 17.6 Å². The van der Waals surface area contributed by atoms with Crippen molar-refractivity contribution in [3.05, 3.63) is 117 Å². The Labute approximate surface area is 237 Å². The van der Waals surface area contributed by atoms with E-state index in [0.717, 1.165) is 16.5 Å². The molecule has 0 aliphatic heterocycles. The van der Waals surface area contributed by atoms with E-state index >= 15 is 0 Å². The number of nitro benzene ring substituents is 1. The smallest absolute Gasteiger partial charge is 0.408 e. The number of benzene rings is 4. The summed E-state index contributed by atoms with van der Waals surface area (Å²) in [6, 6.07) is 24.3. The predicted molar refractivity (Wildman–Crippen MR) is 156 cm³/mol. The maximum atomic E-state index is 12.9. The average Bonchev–Trinajstić information content (AvgIpc) is 3.35. The Balaban J connectivity index is 1.26. The zero-order valence-corrected chi connectivity index (χ0v) is 22.8. The third kappa shape index (κ3) is 6.48. The molecule has 0 aliphatic rings. The Kier molecular flexibility index (Phi) is 7.90. The predicted octanol–water partition coefficient (Wildman–Crippen LogP) is 5.02. The van der Waals surface area contributed by atoms with Crippen LogP contribution < -0.4 is 15.8 Å². The summed E-state index contributed by atoms with van der Waals surface area (Å²) in [4.78, 5) is 38.3. The van der Waals surface area contributed by atoms with Gasteiger partial charge in [0.2, 0.25) is 0 Å². The van der Waals surface area contributed by atoms with Gasteiger partial charge in [-0.3, -0.25) is 19.9 Å². The normalized spacial score (nSPS) is 11.3. The van der Waals surface area contributed by atoms with Gasteiger partial charge in [-0.05, 0) is 59.7 Å². The van der Waals surface area contributed by atoms with Gasteiger partial charge in [-0.2, -0.15) is 0 Å². The van der Waals surface area contributed by atoms with Crippen LogP contribution >= 0.6 is 11.8 Å². The minimum atomic E-state index is -4.41. The lowest BCUT2D eigenvalue weighted by atomic mass is 10.0. The Bertz CT molecular complexity index is 1900. The Morgan fingerprint density at radius 2 is 1.68 bits per heavy atom. The zero-order chi connectivity index (χ0) is 29.0. The minimum absolute atomic E-state index is 0.0651. The summed E-state index contributed by atoms with van der Waals surface area (Å²) in [5.74, 6) is -0.835. The molecule has 13 heteroatoms. The fraction of sp³-hybridized carbons (Fsp3) is 0.0714. The van der Waals surface area contributed by atoms with Gasteiger partial charge in [0.15, 0.2) is 5.58 Å². The maximum Gasteiger partial charge on any atom is 0.417 e. The van der Waals surface area contributed by atoms with E-state index in [-0.39, 0.29) is 11.3 Å². The number of hydrogen-bond acceptors (Lipinski definition) is 9. The summed E-state index contributed by atoms with van der Waals surface area (Å²) in [5.41, 5.74) is 2.16. The molecule has 11 nitrogen and oxygen atoms in total. The first kappa shape index (κ1) is 27.7. The van der Waals surface area contributed by atoms with Gasteiger partial charge in [0, 0.05) is 28.8 Å². The van der Waals surface area contributed by atoms with Crippen LogP contribution in [0.1, 0.15) is 10.4 Å². The lowest BCUT2D eigenvalue weighted by Gasteiger charge is -2.11. The fourth-order valence-corrected chi connectivity index (χ4v) is 5.81. The number of anilines is 1. The van der Waals surface area contributed by atoms with Gasteiger partial charge in [0.1, 0.15) is 5.69 Å². The lowest BCUT2D eigenvalue weighted by Crippen LogP contribution is -2.30. The first-order chi connectivity index (χ1) is 19.7. The number of thioether (sulfide) groups is 1. The molecule has 41 heavy (non-hydrogen) atoms. The van der Waals surface area contributed by atoms with E-state index in [1.165, 1.54) is 24.3 Å². The van der Waals surface area contributed by atoms with E-state index in [4.69, 9.17) is 4.42 Å². The van der Waals surface area contributed by atoms with Crippen molar-refractivity contribution in [2.45, 2.75) is 9.79 Å². The van der Waals surface area contributed by atoms with Crippen LogP contribution in [0.5, 0.6) is 0 Å². The second-order valence-electron chi connectivity index (χ2n) is 8.76. The number of aromatic amines is 1. The van der Waals surface area contributed by atoms with Crippen molar-refractivity contribution < 1.29 is 22.6 Å². The van der Waals surface area contributed by atoms with Gasteiger partial charge in [-0.1, -0.05) is 36.4 Å². The summed E-state index contributed by atoms with van der Waals surface area (Å²) in [6.07, 6.45) is 0. The number of fused-ring (bicyclic) bond motifs is 1. The first-order valence-corrected chi connectivity index (χ1v) is 14.7. The van der Waals surface area contributed by atoms with Crippen LogP contribution in [0.2, 0.25) is 0 Å². The Hall–Kier alpha value is -4.88. The summed E-state index contributed by atoms with van der Waals surface area (Å²) < 4.78 is 32.9. The molecule has 1 aromatic heterocycles. The van der Waals surface area contributed by atoms with Gasteiger partial charge in [0.05, 0.1) is 15.3 Å². The molecule has 1 amide bonds. The molecule has 0 bridgehead atoms. The van der Waals surface area contributed by atoms with Gasteiger partial charge >= 0.3 is 5.76 Å². The molecule has 1 heterocycles. The molecule has 3 N–H and O–H groups in total. The number of carbonyl (C=O) groups is 1. The molecule has 0 saturated carbocycles. The number of aromatic nitrogens is 1. The highest BCUT2D eigenvalue weighted by Crippen LogP contribution is 2.28. The van der Waals surface area contributed by atoms with Crippen molar-refractivity contribution in [3.63, 3.8) is 0 Å². The summed E-state index contributed by atoms with van der Waals surface area (Å²) in [5, 5.41) is 14.6. The Morgan fingerprint density at radius 1 is 0.951 bits per heavy atom. The van der Waals surface area contributed by atoms with E-state index in [2.05, 4.69) is 10.3 Å². The summed E-state index contributed by atoms with van der Waals surface area (Å²) in [6.45, 7) is 0.409. The quantitative estimate of drug-likeness (QED) is 0.0876. The second kappa shape index (κ2) is 11.7. The number of H-pyrrole nitrogens is 1. The van der Waals surface area contributed by atoms with Crippen LogP contribution in [-0.2, 0) is 10.0 Å². The van der Waals surface area contributed by atoms with E-state index in [9.17, 15) is 28.1 Å². The van der Waals surface area contributed by atoms with Crippen molar-refractivity contribution in [1.82, 2.24) is 9.71 Å². The third-order valence-corrected chi connectivity index (χ3v) is 8.38. The lowest BCUT2D eigenvalue weighted by molar-refractivity contribution is -0.384. The number of nitrogens with zero attached hydrogens (tertiary/aromatic N) is 1. The second-order valence-corrected chi connectivity index (χ2v) is 11.6. The number of nitro groups is 1. The maximum absolute atomic E-state index is 12.9. The first-order valence-electron chi connectivity index (χ1n) is 12.2. The van der Waals surface area contributed by atoms with E-state index in [0.29, 0.717) is 29.0 Å². The molecule has 5 aromatic rings. The highest BCUT2D eigenvalue weighted by Gasteiger charge is 2.24. The van der Waals surface area contributed by atoms with Gasteiger partial charge in [-0.25, -0.2) is 17.9 Å². The van der Waals surface area contributed by atoms with Crippen molar-refractivity contribution >= 4 is 50.2 Å². The molecular formula is C28H22N4O7S2. The number of carbonyl (C=O) groups excluding carboxylic acids is 1. The number of oxazole rings is 1. The fourth-order valence-electron chi connectivity index (χ4n) is 4.03. The van der Waals surface area contributed by atoms with Gasteiger partial charge in [-0.15, -0.1) is 11.8 Å². The number of hydrogen-bond donors (Lipinski definition) is 3. The van der Waals surface area contributed by atoms with Crippen molar-refractivity contribution in [2.24, 2.45) is 0 Å². The summed E-state index contributed by atoms with van der Waals surface area (Å²) >= 11 is 1.57. The molecule has 208 valence electrons. The minimum Gasteiger partial charge on any atom is -0.408 e. The number of rotatable bonds is 10. The standard InChI is InChI=1S/C28H22N4O7S2/c33-27(19-8-6-18(7-9-19)20-10-12-24-26(16-20)39-28(34)30-24)31-41(37,38)22-11-13-23(25(17-22)32(35)36)29-14-15-40-21-4-2-1-3-5-21/h1-13,16-17,29H,14-15H2,(H,30,34)(H,31,33). The third-order valence-electron chi connectivity index (χ3n) is 6.03. The van der Waals surface area contributed by atoms with Gasteiger partial charge < -0.3 is 9.73 Å². The van der Waals surface area contributed by atoms with E-state index in [1.807, 2.05) is 35.1 Å². The van der Waals surface area contributed by atoms with Crippen LogP contribution in [-0.4, -0.2) is 36.5 Å². The Morgan fingerprint density at radius 3 is 2.41 bits per heavy atom. The van der Waals surface area contributed by atoms with Crippen LogP contribution in [0.4, 0.5) is 11.4 Å². The van der Waals surface area contributed by atoms with Crippen molar-refractivity contribution in [3.8, 4) is 11.1 Å². The zero-order valence-electron chi connectivity index (χ0n) is 21.2. The molecule has 0 aliphatic carbocycles.